The quantitative estimate of drug-likeness (QED) is 0.420. The Bertz CT molecular complexity index is 804. The molecule has 0 aliphatic rings. The zero-order valence-electron chi connectivity index (χ0n) is 18.2. The van der Waals surface area contributed by atoms with Crippen molar-refractivity contribution in [3.63, 3.8) is 0 Å². The van der Waals surface area contributed by atoms with Crippen LogP contribution in [0.5, 0.6) is 17.2 Å². The molecule has 1 unspecified atom stereocenters. The van der Waals surface area contributed by atoms with Gasteiger partial charge in [-0.1, -0.05) is 25.5 Å². The second kappa shape index (κ2) is 12.8. The van der Waals surface area contributed by atoms with E-state index >= 15 is 0 Å². The number of ether oxygens (including phenoxy) is 3. The van der Waals surface area contributed by atoms with E-state index in [0.29, 0.717) is 36.0 Å². The molecule has 0 spiro atoms. The van der Waals surface area contributed by atoms with Crippen LogP contribution in [0.4, 0.5) is 4.39 Å². The molecule has 1 amide bonds. The average Bonchev–Trinajstić information content (AvgIpc) is 2.78. The molecule has 0 aromatic heterocycles. The molecule has 31 heavy (non-hydrogen) atoms. The van der Waals surface area contributed by atoms with Crippen LogP contribution in [0, 0.1) is 5.82 Å². The van der Waals surface area contributed by atoms with E-state index in [1.165, 1.54) is 26.4 Å². The highest BCUT2D eigenvalue weighted by Gasteiger charge is 2.18. The number of halogens is 1. The Morgan fingerprint density at radius 1 is 1.10 bits per heavy atom. The summed E-state index contributed by atoms with van der Waals surface area (Å²) in [6, 6.07) is 9.28. The van der Waals surface area contributed by atoms with Crippen molar-refractivity contribution in [2.75, 3.05) is 33.9 Å². The second-order valence-corrected chi connectivity index (χ2v) is 7.03. The number of aliphatic hydroxyl groups is 1. The SMILES string of the molecule is CCCCOc1c(OC)cc(C(=O)NCC(O)CNCc2ccc(F)cc2)cc1OC. The van der Waals surface area contributed by atoms with Crippen LogP contribution < -0.4 is 24.8 Å². The predicted octanol–water partition coefficient (Wildman–Crippen LogP) is 2.90. The third kappa shape index (κ3) is 7.73. The minimum absolute atomic E-state index is 0.0641. The highest BCUT2D eigenvalue weighted by molar-refractivity contribution is 5.95. The van der Waals surface area contributed by atoms with E-state index in [1.54, 1.807) is 24.3 Å². The summed E-state index contributed by atoms with van der Waals surface area (Å²) in [5.74, 6) is 0.610. The normalized spacial score (nSPS) is 11.6. The Morgan fingerprint density at radius 2 is 1.74 bits per heavy atom. The van der Waals surface area contributed by atoms with Crippen molar-refractivity contribution < 1.29 is 28.5 Å². The first kappa shape index (κ1) is 24.4. The lowest BCUT2D eigenvalue weighted by Crippen LogP contribution is -2.38. The third-order valence-electron chi connectivity index (χ3n) is 4.59. The summed E-state index contributed by atoms with van der Waals surface area (Å²) in [6.07, 6.45) is 1.10. The maximum atomic E-state index is 12.9. The zero-order valence-corrected chi connectivity index (χ0v) is 18.2. The standard InChI is InChI=1S/C23H31FN2O5/c1-4-5-10-31-22-20(29-2)11-17(12-21(22)30-3)23(28)26-15-19(27)14-25-13-16-6-8-18(24)9-7-16/h6-9,11-12,19,25,27H,4-5,10,13-15H2,1-3H3,(H,26,28). The number of nitrogens with one attached hydrogen (secondary N) is 2. The number of carbonyl (C=O) groups excluding carboxylic acids is 1. The number of benzene rings is 2. The third-order valence-corrected chi connectivity index (χ3v) is 4.59. The molecule has 2 aromatic rings. The van der Waals surface area contributed by atoms with Gasteiger partial charge in [0.2, 0.25) is 5.75 Å². The summed E-state index contributed by atoms with van der Waals surface area (Å²) in [6.45, 7) is 3.41. The number of aliphatic hydroxyl groups excluding tert-OH is 1. The van der Waals surface area contributed by atoms with Gasteiger partial charge < -0.3 is 30.0 Å². The lowest BCUT2D eigenvalue weighted by Gasteiger charge is -2.17. The number of carbonyl (C=O) groups is 1. The van der Waals surface area contributed by atoms with E-state index in [9.17, 15) is 14.3 Å². The fourth-order valence-electron chi connectivity index (χ4n) is 2.84. The highest BCUT2D eigenvalue weighted by Crippen LogP contribution is 2.38. The smallest absolute Gasteiger partial charge is 0.251 e. The largest absolute Gasteiger partial charge is 0.493 e. The predicted molar refractivity (Wildman–Crippen MR) is 116 cm³/mol. The molecule has 170 valence electrons. The van der Waals surface area contributed by atoms with Crippen LogP contribution in [-0.4, -0.2) is 51.0 Å². The molecule has 0 saturated carbocycles. The van der Waals surface area contributed by atoms with Gasteiger partial charge in [0.15, 0.2) is 11.5 Å². The molecular weight excluding hydrogens is 403 g/mol. The summed E-state index contributed by atoms with van der Waals surface area (Å²) in [4.78, 5) is 12.6. The van der Waals surface area contributed by atoms with Crippen molar-refractivity contribution in [2.45, 2.75) is 32.4 Å². The van der Waals surface area contributed by atoms with Crippen LogP contribution in [-0.2, 0) is 6.54 Å². The van der Waals surface area contributed by atoms with Crippen LogP contribution in [0.1, 0.15) is 35.7 Å². The van der Waals surface area contributed by atoms with Gasteiger partial charge in [-0.2, -0.15) is 0 Å². The van der Waals surface area contributed by atoms with Crippen LogP contribution in [0.2, 0.25) is 0 Å². The van der Waals surface area contributed by atoms with Crippen molar-refractivity contribution in [1.82, 2.24) is 10.6 Å². The summed E-state index contributed by atoms with van der Waals surface area (Å²) in [5, 5.41) is 15.9. The number of hydrogen-bond acceptors (Lipinski definition) is 6. The molecule has 8 heteroatoms. The van der Waals surface area contributed by atoms with Gasteiger partial charge in [0.1, 0.15) is 5.82 Å². The van der Waals surface area contributed by atoms with Crippen LogP contribution in [0.25, 0.3) is 0 Å². The number of unbranched alkanes of at least 4 members (excludes halogenated alkanes) is 1. The molecule has 2 aromatic carbocycles. The number of hydrogen-bond donors (Lipinski definition) is 3. The number of amides is 1. The van der Waals surface area contributed by atoms with Crippen molar-refractivity contribution in [3.05, 3.63) is 53.3 Å². The van der Waals surface area contributed by atoms with Gasteiger partial charge in [0, 0.05) is 25.2 Å². The first-order valence-corrected chi connectivity index (χ1v) is 10.3. The zero-order chi connectivity index (χ0) is 22.6. The summed E-state index contributed by atoms with van der Waals surface area (Å²) >= 11 is 0. The van der Waals surface area contributed by atoms with Crippen LogP contribution in [0.3, 0.4) is 0 Å². The van der Waals surface area contributed by atoms with Crippen molar-refractivity contribution in [1.29, 1.82) is 0 Å². The highest BCUT2D eigenvalue weighted by atomic mass is 19.1. The van der Waals surface area contributed by atoms with Gasteiger partial charge in [0.05, 0.1) is 26.9 Å². The second-order valence-electron chi connectivity index (χ2n) is 7.03. The Balaban J connectivity index is 1.89. The van der Waals surface area contributed by atoms with E-state index in [4.69, 9.17) is 14.2 Å². The maximum absolute atomic E-state index is 12.9. The monoisotopic (exact) mass is 434 g/mol. The molecule has 1 atom stereocenters. The van der Waals surface area contributed by atoms with E-state index in [2.05, 4.69) is 17.6 Å². The Morgan fingerprint density at radius 3 is 2.32 bits per heavy atom. The van der Waals surface area contributed by atoms with Gasteiger partial charge in [-0.3, -0.25) is 4.79 Å². The summed E-state index contributed by atoms with van der Waals surface area (Å²) in [7, 11) is 3.00. The molecule has 3 N–H and O–H groups in total. The molecule has 0 aliphatic heterocycles. The molecule has 0 heterocycles. The minimum Gasteiger partial charge on any atom is -0.493 e. The molecule has 2 rings (SSSR count). The molecular formula is C23H31FN2O5. The fourth-order valence-corrected chi connectivity index (χ4v) is 2.84. The molecule has 0 aliphatic carbocycles. The first-order valence-electron chi connectivity index (χ1n) is 10.3. The van der Waals surface area contributed by atoms with Gasteiger partial charge in [-0.15, -0.1) is 0 Å². The van der Waals surface area contributed by atoms with E-state index in [0.717, 1.165) is 18.4 Å². The Labute approximate surface area is 182 Å². The summed E-state index contributed by atoms with van der Waals surface area (Å²) in [5.41, 5.74) is 1.24. The van der Waals surface area contributed by atoms with Gasteiger partial charge in [0.25, 0.3) is 5.91 Å². The van der Waals surface area contributed by atoms with Crippen molar-refractivity contribution in [2.24, 2.45) is 0 Å². The molecule has 0 radical (unpaired) electrons. The van der Waals surface area contributed by atoms with Crippen molar-refractivity contribution in [3.8, 4) is 17.2 Å². The van der Waals surface area contributed by atoms with Crippen molar-refractivity contribution >= 4 is 5.91 Å². The molecule has 0 saturated heterocycles. The van der Waals surface area contributed by atoms with E-state index < -0.39 is 6.10 Å². The molecule has 0 fully saturated rings. The molecule has 0 bridgehead atoms. The Kier molecular flexibility index (Phi) is 10.1. The average molecular weight is 435 g/mol. The van der Waals surface area contributed by atoms with Crippen LogP contribution >= 0.6 is 0 Å². The number of methoxy groups -OCH3 is 2. The lowest BCUT2D eigenvalue weighted by molar-refractivity contribution is 0.0914. The van der Waals surface area contributed by atoms with Gasteiger partial charge in [-0.25, -0.2) is 4.39 Å². The van der Waals surface area contributed by atoms with E-state index in [-0.39, 0.29) is 24.8 Å². The van der Waals surface area contributed by atoms with Gasteiger partial charge in [-0.05, 0) is 36.2 Å². The molecule has 7 nitrogen and oxygen atoms in total. The first-order chi connectivity index (χ1) is 15.0. The Hall–Kier alpha value is -2.84. The number of rotatable bonds is 13. The van der Waals surface area contributed by atoms with Gasteiger partial charge >= 0.3 is 0 Å². The topological polar surface area (TPSA) is 89.1 Å². The lowest BCUT2D eigenvalue weighted by atomic mass is 10.1. The minimum atomic E-state index is -0.787. The fraction of sp³-hybridized carbons (Fsp3) is 0.435. The maximum Gasteiger partial charge on any atom is 0.251 e. The van der Waals surface area contributed by atoms with Crippen LogP contribution in [0.15, 0.2) is 36.4 Å². The summed E-state index contributed by atoms with van der Waals surface area (Å²) < 4.78 is 29.4. The van der Waals surface area contributed by atoms with E-state index in [1.807, 2.05) is 0 Å².